The molecule has 2 aliphatic rings. The van der Waals surface area contributed by atoms with Gasteiger partial charge in [-0.3, -0.25) is 0 Å². The van der Waals surface area contributed by atoms with E-state index in [-0.39, 0.29) is 12.3 Å². The fraction of sp³-hybridized carbons (Fsp3) is 0.789. The van der Waals surface area contributed by atoms with Crippen molar-refractivity contribution in [3.05, 3.63) is 23.8 Å². The first-order valence-corrected chi connectivity index (χ1v) is 9.52. The molecule has 1 fully saturated rings. The molecule has 0 spiro atoms. The SMILES string of the molecule is CCCCCC1COC(C2=CCC(OC(F)(F)C(F)(F)C(F)(F)CF)C=C2)OC1. The van der Waals surface area contributed by atoms with Gasteiger partial charge >= 0.3 is 18.0 Å². The first-order valence-electron chi connectivity index (χ1n) is 9.52. The smallest absolute Gasteiger partial charge is 0.348 e. The van der Waals surface area contributed by atoms with E-state index in [9.17, 15) is 30.7 Å². The second-order valence-corrected chi connectivity index (χ2v) is 7.24. The van der Waals surface area contributed by atoms with Gasteiger partial charge in [-0.2, -0.15) is 26.3 Å². The van der Waals surface area contributed by atoms with Crippen LogP contribution in [0.2, 0.25) is 0 Å². The van der Waals surface area contributed by atoms with Crippen LogP contribution in [0.3, 0.4) is 0 Å². The Labute approximate surface area is 164 Å². The molecular formula is C19H25F7O3. The summed E-state index contributed by atoms with van der Waals surface area (Å²) in [5.74, 6) is -11.3. The Morgan fingerprint density at radius 3 is 2.24 bits per heavy atom. The predicted molar refractivity (Wildman–Crippen MR) is 90.9 cm³/mol. The van der Waals surface area contributed by atoms with E-state index in [1.807, 2.05) is 0 Å². The van der Waals surface area contributed by atoms with Crippen molar-refractivity contribution in [1.29, 1.82) is 0 Å². The van der Waals surface area contributed by atoms with E-state index >= 15 is 0 Å². The van der Waals surface area contributed by atoms with E-state index < -0.39 is 37.0 Å². The molecular weight excluding hydrogens is 409 g/mol. The van der Waals surface area contributed by atoms with E-state index in [4.69, 9.17) is 9.47 Å². The third kappa shape index (κ3) is 5.73. The highest BCUT2D eigenvalue weighted by atomic mass is 19.4. The summed E-state index contributed by atoms with van der Waals surface area (Å²) >= 11 is 0. The molecule has 0 bridgehead atoms. The molecule has 0 radical (unpaired) electrons. The summed E-state index contributed by atoms with van der Waals surface area (Å²) in [7, 11) is 0. The number of hydrogen-bond acceptors (Lipinski definition) is 3. The van der Waals surface area contributed by atoms with Crippen molar-refractivity contribution in [1.82, 2.24) is 0 Å². The van der Waals surface area contributed by atoms with Crippen molar-refractivity contribution in [2.45, 2.75) is 69.4 Å². The number of halogens is 7. The maximum Gasteiger partial charge on any atom is 0.426 e. The Kier molecular flexibility index (Phi) is 8.15. The molecule has 1 aliphatic carbocycles. The summed E-state index contributed by atoms with van der Waals surface area (Å²) < 4.78 is 107. The third-order valence-electron chi connectivity index (χ3n) is 4.84. The molecule has 0 aromatic rings. The molecule has 0 N–H and O–H groups in total. The molecule has 0 aromatic heterocycles. The van der Waals surface area contributed by atoms with Crippen LogP contribution in [-0.4, -0.2) is 50.2 Å². The minimum Gasteiger partial charge on any atom is -0.348 e. The number of ether oxygens (including phenoxy) is 3. The lowest BCUT2D eigenvalue weighted by molar-refractivity contribution is -0.405. The second kappa shape index (κ2) is 9.78. The molecule has 10 heteroatoms. The minimum atomic E-state index is -5.99. The molecule has 1 saturated heterocycles. The van der Waals surface area contributed by atoms with Crippen LogP contribution in [0.1, 0.15) is 39.0 Å². The monoisotopic (exact) mass is 434 g/mol. The Bertz CT molecular complexity index is 584. The molecule has 1 unspecified atom stereocenters. The lowest BCUT2D eigenvalue weighted by Gasteiger charge is -2.34. The molecule has 0 aromatic carbocycles. The summed E-state index contributed by atoms with van der Waals surface area (Å²) in [6.45, 7) is 0.121. The van der Waals surface area contributed by atoms with Crippen LogP contribution in [0.15, 0.2) is 23.8 Å². The summed E-state index contributed by atoms with van der Waals surface area (Å²) in [6, 6.07) is 0. The van der Waals surface area contributed by atoms with Crippen LogP contribution in [0.5, 0.6) is 0 Å². The lowest BCUT2D eigenvalue weighted by atomic mass is 10.0. The maximum atomic E-state index is 13.6. The fourth-order valence-corrected chi connectivity index (χ4v) is 3.03. The average molecular weight is 434 g/mol. The van der Waals surface area contributed by atoms with Crippen molar-refractivity contribution in [3.63, 3.8) is 0 Å². The van der Waals surface area contributed by atoms with Gasteiger partial charge in [0.2, 0.25) is 0 Å². The third-order valence-corrected chi connectivity index (χ3v) is 4.84. The Morgan fingerprint density at radius 2 is 1.72 bits per heavy atom. The molecule has 2 rings (SSSR count). The van der Waals surface area contributed by atoms with Crippen LogP contribution in [0.4, 0.5) is 30.7 Å². The van der Waals surface area contributed by atoms with E-state index in [1.165, 1.54) is 12.2 Å². The predicted octanol–water partition coefficient (Wildman–Crippen LogP) is 5.66. The standard InChI is InChI=1S/C19H25F7O3/c1-2-3-4-5-13-10-27-16(28-11-13)14-6-8-15(9-7-14)29-19(25,26)18(23,24)17(21,22)12-20/h6-8,13,15-16H,2-5,9-12H2,1H3. The van der Waals surface area contributed by atoms with Crippen molar-refractivity contribution >= 4 is 0 Å². The van der Waals surface area contributed by atoms with Gasteiger partial charge < -0.3 is 14.2 Å². The topological polar surface area (TPSA) is 27.7 Å². The van der Waals surface area contributed by atoms with Crippen molar-refractivity contribution in [2.24, 2.45) is 5.92 Å². The van der Waals surface area contributed by atoms with Crippen LogP contribution in [0, 0.1) is 5.92 Å². The molecule has 1 aliphatic heterocycles. The van der Waals surface area contributed by atoms with Gasteiger partial charge in [0.05, 0.1) is 19.3 Å². The van der Waals surface area contributed by atoms with Crippen molar-refractivity contribution < 1.29 is 44.9 Å². The summed E-state index contributed by atoms with van der Waals surface area (Å²) in [5.41, 5.74) is 0.501. The van der Waals surface area contributed by atoms with Gasteiger partial charge in [-0.05, 0) is 12.8 Å². The lowest BCUT2D eigenvalue weighted by Crippen LogP contribution is -2.57. The highest BCUT2D eigenvalue weighted by molar-refractivity contribution is 5.27. The van der Waals surface area contributed by atoms with Gasteiger partial charge in [-0.1, -0.05) is 44.4 Å². The molecule has 1 heterocycles. The summed E-state index contributed by atoms with van der Waals surface area (Å²) in [4.78, 5) is 0. The zero-order chi connectivity index (χ0) is 21.7. The van der Waals surface area contributed by atoms with E-state index in [0.29, 0.717) is 18.8 Å². The summed E-state index contributed by atoms with van der Waals surface area (Å²) in [6.07, 6.45) is -0.121. The minimum absolute atomic E-state index is 0.264. The van der Waals surface area contributed by atoms with Gasteiger partial charge in [0, 0.05) is 11.5 Å². The number of hydrogen-bond donors (Lipinski definition) is 0. The maximum absolute atomic E-state index is 13.6. The first-order chi connectivity index (χ1) is 13.5. The molecule has 0 saturated carbocycles. The van der Waals surface area contributed by atoms with Gasteiger partial charge in [-0.25, -0.2) is 4.39 Å². The van der Waals surface area contributed by atoms with Crippen molar-refractivity contribution in [2.75, 3.05) is 19.9 Å². The van der Waals surface area contributed by atoms with E-state index in [0.717, 1.165) is 31.8 Å². The molecule has 1 atom stereocenters. The number of alkyl halides is 7. The molecule has 29 heavy (non-hydrogen) atoms. The zero-order valence-corrected chi connectivity index (χ0v) is 16.0. The molecule has 3 nitrogen and oxygen atoms in total. The van der Waals surface area contributed by atoms with Crippen LogP contribution in [-0.2, 0) is 14.2 Å². The Morgan fingerprint density at radius 1 is 1.07 bits per heavy atom. The highest BCUT2D eigenvalue weighted by Crippen LogP contribution is 2.47. The first kappa shape index (κ1) is 24.1. The molecule has 0 amide bonds. The number of rotatable bonds is 10. The Balaban J connectivity index is 1.86. The van der Waals surface area contributed by atoms with Gasteiger partial charge in [0.1, 0.15) is 0 Å². The van der Waals surface area contributed by atoms with Crippen LogP contribution in [0.25, 0.3) is 0 Å². The van der Waals surface area contributed by atoms with Crippen molar-refractivity contribution in [3.8, 4) is 0 Å². The van der Waals surface area contributed by atoms with E-state index in [1.54, 1.807) is 0 Å². The average Bonchev–Trinajstić information content (AvgIpc) is 2.69. The van der Waals surface area contributed by atoms with Gasteiger partial charge in [-0.15, -0.1) is 0 Å². The van der Waals surface area contributed by atoms with E-state index in [2.05, 4.69) is 11.7 Å². The molecule has 168 valence electrons. The van der Waals surface area contributed by atoms with Crippen LogP contribution >= 0.6 is 0 Å². The zero-order valence-electron chi connectivity index (χ0n) is 16.0. The number of unbranched alkanes of at least 4 members (excludes halogenated alkanes) is 2. The van der Waals surface area contributed by atoms with Gasteiger partial charge in [0.25, 0.3) is 0 Å². The summed E-state index contributed by atoms with van der Waals surface area (Å²) in [5, 5.41) is 0. The quantitative estimate of drug-likeness (QED) is 0.328. The van der Waals surface area contributed by atoms with Gasteiger partial charge in [0.15, 0.2) is 13.0 Å². The fourth-order valence-electron chi connectivity index (χ4n) is 3.03. The second-order valence-electron chi connectivity index (χ2n) is 7.24. The highest BCUT2D eigenvalue weighted by Gasteiger charge is 2.73. The largest absolute Gasteiger partial charge is 0.426 e. The van der Waals surface area contributed by atoms with Crippen LogP contribution < -0.4 is 0 Å². The Hall–Kier alpha value is -1.13. The normalized spacial score (nSPS) is 26.5.